The van der Waals surface area contributed by atoms with Gasteiger partial charge in [-0.3, -0.25) is 4.79 Å². The molecule has 0 spiro atoms. The monoisotopic (exact) mass is 344 g/mol. The fourth-order valence-electron chi connectivity index (χ4n) is 2.74. The van der Waals surface area contributed by atoms with Crippen LogP contribution >= 0.6 is 15.9 Å². The molecule has 1 heterocycles. The number of hydrogen-bond donors (Lipinski definition) is 1. The molecule has 0 saturated heterocycles. The lowest BCUT2D eigenvalue weighted by atomic mass is 9.95. The molecule has 0 atom stereocenters. The van der Waals surface area contributed by atoms with Crippen molar-refractivity contribution >= 4 is 21.8 Å². The number of amides is 1. The van der Waals surface area contributed by atoms with E-state index in [1.807, 2.05) is 12.1 Å². The summed E-state index contributed by atoms with van der Waals surface area (Å²) in [6, 6.07) is 7.51. The van der Waals surface area contributed by atoms with Crippen LogP contribution in [-0.4, -0.2) is 15.7 Å². The molecule has 106 valence electrons. The van der Waals surface area contributed by atoms with E-state index < -0.39 is 5.91 Å². The molecule has 0 radical (unpaired) electrons. The highest BCUT2D eigenvalue weighted by molar-refractivity contribution is 9.10. The van der Waals surface area contributed by atoms with Crippen molar-refractivity contribution in [2.24, 2.45) is 5.73 Å². The Morgan fingerprint density at radius 1 is 1.38 bits per heavy atom. The molecule has 1 aromatic carbocycles. The van der Waals surface area contributed by atoms with Crippen LogP contribution in [0.3, 0.4) is 0 Å². The second-order valence-corrected chi connectivity index (χ2v) is 5.89. The van der Waals surface area contributed by atoms with Crippen LogP contribution < -0.4 is 5.73 Å². The van der Waals surface area contributed by atoms with Gasteiger partial charge in [0.15, 0.2) is 5.69 Å². The Labute approximate surface area is 130 Å². The molecule has 0 saturated carbocycles. The number of fused-ring (bicyclic) bond motifs is 1. The molecule has 6 heteroatoms. The largest absolute Gasteiger partial charge is 0.364 e. The Hall–Kier alpha value is -2.13. The summed E-state index contributed by atoms with van der Waals surface area (Å²) in [6.45, 7) is 0. The van der Waals surface area contributed by atoms with Crippen molar-refractivity contribution in [3.63, 3.8) is 0 Å². The first kappa shape index (κ1) is 13.8. The maximum Gasteiger partial charge on any atom is 0.269 e. The van der Waals surface area contributed by atoms with E-state index in [9.17, 15) is 4.79 Å². The Morgan fingerprint density at radius 2 is 2.14 bits per heavy atom. The summed E-state index contributed by atoms with van der Waals surface area (Å²) >= 11 is 3.38. The second kappa shape index (κ2) is 5.34. The average molecular weight is 345 g/mol. The Bertz CT molecular complexity index is 773. The number of rotatable bonds is 2. The number of carbonyl (C=O) groups excluding carboxylic acids is 1. The van der Waals surface area contributed by atoms with Gasteiger partial charge in [-0.2, -0.15) is 10.4 Å². The fraction of sp³-hybridized carbons (Fsp3) is 0.267. The summed E-state index contributed by atoms with van der Waals surface area (Å²) in [5.74, 6) is -0.486. The molecule has 1 aliphatic rings. The minimum Gasteiger partial charge on any atom is -0.364 e. The summed E-state index contributed by atoms with van der Waals surface area (Å²) in [5.41, 5.74) is 9.21. The van der Waals surface area contributed by atoms with E-state index in [0.717, 1.165) is 42.6 Å². The minimum atomic E-state index is -0.486. The van der Waals surface area contributed by atoms with E-state index in [-0.39, 0.29) is 0 Å². The molecule has 5 nitrogen and oxygen atoms in total. The summed E-state index contributed by atoms with van der Waals surface area (Å²) < 4.78 is 2.49. The molecule has 0 fully saturated rings. The van der Waals surface area contributed by atoms with E-state index in [4.69, 9.17) is 11.0 Å². The lowest BCUT2D eigenvalue weighted by Gasteiger charge is -2.14. The van der Waals surface area contributed by atoms with Gasteiger partial charge in [0.2, 0.25) is 0 Å². The zero-order chi connectivity index (χ0) is 15.0. The maximum atomic E-state index is 11.6. The van der Waals surface area contributed by atoms with Crippen molar-refractivity contribution in [3.8, 4) is 11.8 Å². The topological polar surface area (TPSA) is 84.7 Å². The minimum absolute atomic E-state index is 0.366. The molecule has 1 aliphatic carbocycles. The van der Waals surface area contributed by atoms with Gasteiger partial charge in [0.05, 0.1) is 11.3 Å². The molecular formula is C15H13BrN4O. The molecule has 0 bridgehead atoms. The van der Waals surface area contributed by atoms with Crippen molar-refractivity contribution in [3.05, 3.63) is 45.2 Å². The van der Waals surface area contributed by atoms with Crippen LogP contribution in [0.25, 0.3) is 5.69 Å². The van der Waals surface area contributed by atoms with Gasteiger partial charge in [-0.25, -0.2) is 4.68 Å². The molecular weight excluding hydrogens is 332 g/mol. The number of primary amides is 1. The van der Waals surface area contributed by atoms with Crippen LogP contribution in [0, 0.1) is 11.3 Å². The number of carbonyl (C=O) groups is 1. The van der Waals surface area contributed by atoms with Gasteiger partial charge in [0, 0.05) is 15.7 Å². The third-order valence-corrected chi connectivity index (χ3v) is 4.39. The fourth-order valence-corrected chi connectivity index (χ4v) is 3.19. The van der Waals surface area contributed by atoms with Crippen LogP contribution in [0.2, 0.25) is 0 Å². The molecule has 2 aromatic rings. The highest BCUT2D eigenvalue weighted by atomic mass is 79.9. The molecule has 1 amide bonds. The predicted octanol–water partition coefficient (Wildman–Crippen LogP) is 2.48. The highest BCUT2D eigenvalue weighted by Crippen LogP contribution is 2.28. The van der Waals surface area contributed by atoms with E-state index >= 15 is 0 Å². The second-order valence-electron chi connectivity index (χ2n) is 5.03. The number of hydrogen-bond acceptors (Lipinski definition) is 3. The van der Waals surface area contributed by atoms with Gasteiger partial charge in [-0.15, -0.1) is 0 Å². The molecule has 21 heavy (non-hydrogen) atoms. The third-order valence-electron chi connectivity index (χ3n) is 3.73. The first-order valence-corrected chi connectivity index (χ1v) is 7.51. The number of nitrogens with zero attached hydrogens (tertiary/aromatic N) is 3. The SMILES string of the molecule is N#Cc1ccc(-n2nc(C(N)=O)c3c2CCCC3)cc1Br. The molecule has 2 N–H and O–H groups in total. The van der Waals surface area contributed by atoms with Gasteiger partial charge in [-0.05, 0) is 59.8 Å². The van der Waals surface area contributed by atoms with E-state index in [1.165, 1.54) is 0 Å². The molecule has 0 aliphatic heterocycles. The Kier molecular flexibility index (Phi) is 3.52. The average Bonchev–Trinajstić information content (AvgIpc) is 2.87. The summed E-state index contributed by atoms with van der Waals surface area (Å²) in [6.07, 6.45) is 3.85. The zero-order valence-corrected chi connectivity index (χ0v) is 12.9. The van der Waals surface area contributed by atoms with Gasteiger partial charge < -0.3 is 5.73 Å². The van der Waals surface area contributed by atoms with Crippen molar-refractivity contribution in [1.29, 1.82) is 5.26 Å². The number of benzene rings is 1. The summed E-state index contributed by atoms with van der Waals surface area (Å²) in [7, 11) is 0. The number of halogens is 1. The van der Waals surface area contributed by atoms with Crippen LogP contribution in [0.15, 0.2) is 22.7 Å². The zero-order valence-electron chi connectivity index (χ0n) is 11.3. The molecule has 1 aromatic heterocycles. The van der Waals surface area contributed by atoms with Gasteiger partial charge >= 0.3 is 0 Å². The lowest BCUT2D eigenvalue weighted by Crippen LogP contribution is -2.15. The number of aromatic nitrogens is 2. The van der Waals surface area contributed by atoms with Crippen molar-refractivity contribution in [2.75, 3.05) is 0 Å². The van der Waals surface area contributed by atoms with Crippen LogP contribution in [0.1, 0.15) is 40.2 Å². The predicted molar refractivity (Wildman–Crippen MR) is 81.1 cm³/mol. The summed E-state index contributed by atoms with van der Waals surface area (Å²) in [4.78, 5) is 11.6. The third kappa shape index (κ3) is 2.34. The van der Waals surface area contributed by atoms with Crippen LogP contribution in [-0.2, 0) is 12.8 Å². The normalized spacial score (nSPS) is 13.5. The van der Waals surface area contributed by atoms with E-state index in [2.05, 4.69) is 27.1 Å². The van der Waals surface area contributed by atoms with E-state index in [0.29, 0.717) is 15.7 Å². The van der Waals surface area contributed by atoms with Gasteiger partial charge in [0.1, 0.15) is 6.07 Å². The number of nitrogens with two attached hydrogens (primary N) is 1. The van der Waals surface area contributed by atoms with Gasteiger partial charge in [0.25, 0.3) is 5.91 Å². The maximum absolute atomic E-state index is 11.6. The van der Waals surface area contributed by atoms with Gasteiger partial charge in [-0.1, -0.05) is 0 Å². The van der Waals surface area contributed by atoms with Crippen LogP contribution in [0.5, 0.6) is 0 Å². The van der Waals surface area contributed by atoms with E-state index in [1.54, 1.807) is 10.7 Å². The molecule has 3 rings (SSSR count). The standard InChI is InChI=1S/C15H13BrN4O/c16-12-7-10(6-5-9(12)8-17)20-13-4-2-1-3-11(13)14(19-20)15(18)21/h5-7H,1-4H2,(H2,18,21). The van der Waals surface area contributed by atoms with Crippen molar-refractivity contribution < 1.29 is 4.79 Å². The first-order valence-electron chi connectivity index (χ1n) is 6.72. The van der Waals surface area contributed by atoms with Crippen molar-refractivity contribution in [2.45, 2.75) is 25.7 Å². The molecule has 0 unspecified atom stereocenters. The quantitative estimate of drug-likeness (QED) is 0.907. The smallest absolute Gasteiger partial charge is 0.269 e. The lowest BCUT2D eigenvalue weighted by molar-refractivity contribution is 0.0994. The Balaban J connectivity index is 2.17. The van der Waals surface area contributed by atoms with Crippen molar-refractivity contribution in [1.82, 2.24) is 9.78 Å². The summed E-state index contributed by atoms with van der Waals surface area (Å²) in [5, 5.41) is 13.4. The first-order chi connectivity index (χ1) is 10.1. The number of nitriles is 1. The highest BCUT2D eigenvalue weighted by Gasteiger charge is 2.24. The van der Waals surface area contributed by atoms with Crippen LogP contribution in [0.4, 0.5) is 0 Å². The Morgan fingerprint density at radius 3 is 2.81 bits per heavy atom.